The Labute approximate surface area is 131 Å². The van der Waals surface area contributed by atoms with Gasteiger partial charge < -0.3 is 4.74 Å². The first-order valence-corrected chi connectivity index (χ1v) is 7.36. The molecule has 0 heterocycles. The molecule has 0 fully saturated rings. The minimum absolute atomic E-state index is 0.442. The van der Waals surface area contributed by atoms with Crippen molar-refractivity contribution in [3.8, 4) is 11.8 Å². The van der Waals surface area contributed by atoms with E-state index in [0.29, 0.717) is 17.9 Å². The average Bonchev–Trinajstić information content (AvgIpc) is 2.53. The summed E-state index contributed by atoms with van der Waals surface area (Å²) in [6.07, 6.45) is 0. The van der Waals surface area contributed by atoms with Gasteiger partial charge in [-0.15, -0.1) is 0 Å². The second-order valence-electron chi connectivity index (χ2n) is 4.68. The zero-order valence-corrected chi connectivity index (χ0v) is 12.8. The molecule has 0 bridgehead atoms. The second kappa shape index (κ2) is 5.99. The van der Waals surface area contributed by atoms with Crippen molar-refractivity contribution in [3.63, 3.8) is 0 Å². The molecule has 0 radical (unpaired) electrons. The van der Waals surface area contributed by atoms with Gasteiger partial charge in [0.25, 0.3) is 0 Å². The Morgan fingerprint density at radius 1 is 1.00 bits per heavy atom. The van der Waals surface area contributed by atoms with Crippen molar-refractivity contribution in [3.05, 3.63) is 76.3 Å². The van der Waals surface area contributed by atoms with E-state index in [9.17, 15) is 0 Å². The smallest absolute Gasteiger partial charge is 0.137 e. The van der Waals surface area contributed by atoms with Crippen LogP contribution < -0.4 is 4.74 Å². The monoisotopic (exact) mass is 337 g/mol. The van der Waals surface area contributed by atoms with Crippen LogP contribution in [0.1, 0.15) is 11.1 Å². The lowest BCUT2D eigenvalue weighted by Gasteiger charge is -2.10. The molecule has 0 aromatic heterocycles. The summed E-state index contributed by atoms with van der Waals surface area (Å²) in [6.45, 7) is 0.442. The van der Waals surface area contributed by atoms with Gasteiger partial charge in [0.05, 0.1) is 5.56 Å². The van der Waals surface area contributed by atoms with Gasteiger partial charge in [0.2, 0.25) is 0 Å². The van der Waals surface area contributed by atoms with Crippen LogP contribution in [0.25, 0.3) is 10.8 Å². The first-order valence-electron chi connectivity index (χ1n) is 6.57. The van der Waals surface area contributed by atoms with Gasteiger partial charge >= 0.3 is 0 Å². The van der Waals surface area contributed by atoms with Crippen LogP contribution in [0.5, 0.6) is 5.75 Å². The van der Waals surface area contributed by atoms with Gasteiger partial charge in [-0.1, -0.05) is 58.4 Å². The topological polar surface area (TPSA) is 33.0 Å². The van der Waals surface area contributed by atoms with Crippen LogP contribution in [0.2, 0.25) is 0 Å². The molecular formula is C18H12BrNO. The molecule has 3 heteroatoms. The molecule has 0 aliphatic heterocycles. The van der Waals surface area contributed by atoms with Gasteiger partial charge in [0.15, 0.2) is 0 Å². The highest BCUT2D eigenvalue weighted by atomic mass is 79.9. The summed E-state index contributed by atoms with van der Waals surface area (Å²) >= 11 is 3.36. The molecule has 0 saturated carbocycles. The maximum atomic E-state index is 9.16. The van der Waals surface area contributed by atoms with Crippen LogP contribution in [0.15, 0.2) is 65.1 Å². The number of benzene rings is 3. The summed E-state index contributed by atoms with van der Waals surface area (Å²) in [7, 11) is 0. The number of rotatable bonds is 3. The van der Waals surface area contributed by atoms with Crippen molar-refractivity contribution >= 4 is 26.7 Å². The average molecular weight is 338 g/mol. The van der Waals surface area contributed by atoms with E-state index in [0.717, 1.165) is 10.0 Å². The largest absolute Gasteiger partial charge is 0.487 e. The van der Waals surface area contributed by atoms with E-state index in [2.05, 4.69) is 40.2 Å². The summed E-state index contributed by atoms with van der Waals surface area (Å²) in [6, 6.07) is 22.0. The third-order valence-electron chi connectivity index (χ3n) is 3.33. The Balaban J connectivity index is 1.89. The van der Waals surface area contributed by atoms with Crippen molar-refractivity contribution < 1.29 is 4.74 Å². The standard InChI is InChI=1S/C18H12BrNO/c19-16-8-9-18(15(10-16)11-20)21-12-14-6-3-5-13-4-1-2-7-17(13)14/h1-10H,12H2. The number of halogens is 1. The highest BCUT2D eigenvalue weighted by molar-refractivity contribution is 9.10. The van der Waals surface area contributed by atoms with E-state index in [1.54, 1.807) is 6.07 Å². The van der Waals surface area contributed by atoms with Crippen molar-refractivity contribution in [1.82, 2.24) is 0 Å². The first-order chi connectivity index (χ1) is 10.3. The Hall–Kier alpha value is -2.31. The molecule has 3 rings (SSSR count). The molecule has 102 valence electrons. The van der Waals surface area contributed by atoms with Crippen LogP contribution in [-0.4, -0.2) is 0 Å². The zero-order chi connectivity index (χ0) is 14.7. The van der Waals surface area contributed by atoms with Crippen molar-refractivity contribution in [2.45, 2.75) is 6.61 Å². The van der Waals surface area contributed by atoms with Crippen LogP contribution in [-0.2, 0) is 6.61 Å². The molecule has 21 heavy (non-hydrogen) atoms. The van der Waals surface area contributed by atoms with E-state index in [1.807, 2.05) is 36.4 Å². The first kappa shape index (κ1) is 13.7. The second-order valence-corrected chi connectivity index (χ2v) is 5.59. The molecule has 2 nitrogen and oxygen atoms in total. The summed E-state index contributed by atoms with van der Waals surface area (Å²) < 4.78 is 6.71. The minimum Gasteiger partial charge on any atom is -0.487 e. The van der Waals surface area contributed by atoms with Gasteiger partial charge in [0, 0.05) is 4.47 Å². The molecule has 0 atom stereocenters. The van der Waals surface area contributed by atoms with Crippen LogP contribution >= 0.6 is 15.9 Å². The Bertz CT molecular complexity index is 831. The molecule has 3 aromatic carbocycles. The molecular weight excluding hydrogens is 326 g/mol. The normalized spacial score (nSPS) is 10.3. The van der Waals surface area contributed by atoms with Crippen LogP contribution in [0.4, 0.5) is 0 Å². The summed E-state index contributed by atoms with van der Waals surface area (Å²) in [5.41, 5.74) is 1.64. The van der Waals surface area contributed by atoms with E-state index < -0.39 is 0 Å². The zero-order valence-electron chi connectivity index (χ0n) is 11.2. The van der Waals surface area contributed by atoms with E-state index in [-0.39, 0.29) is 0 Å². The summed E-state index contributed by atoms with van der Waals surface area (Å²) in [5, 5.41) is 11.5. The van der Waals surface area contributed by atoms with Gasteiger partial charge in [-0.2, -0.15) is 5.26 Å². The SMILES string of the molecule is N#Cc1cc(Br)ccc1OCc1cccc2ccccc12. The fourth-order valence-electron chi connectivity index (χ4n) is 2.29. The Morgan fingerprint density at radius 3 is 2.67 bits per heavy atom. The number of nitrogens with zero attached hydrogens (tertiary/aromatic N) is 1. The quantitative estimate of drug-likeness (QED) is 0.669. The van der Waals surface area contributed by atoms with Crippen molar-refractivity contribution in [1.29, 1.82) is 5.26 Å². The fourth-order valence-corrected chi connectivity index (χ4v) is 2.65. The maximum absolute atomic E-state index is 9.16. The lowest BCUT2D eigenvalue weighted by atomic mass is 10.1. The van der Waals surface area contributed by atoms with Gasteiger partial charge in [0.1, 0.15) is 18.4 Å². The van der Waals surface area contributed by atoms with Crippen molar-refractivity contribution in [2.24, 2.45) is 0 Å². The molecule has 0 aliphatic carbocycles. The van der Waals surface area contributed by atoms with Crippen LogP contribution in [0, 0.1) is 11.3 Å². The fraction of sp³-hybridized carbons (Fsp3) is 0.0556. The predicted octanol–water partition coefficient (Wildman–Crippen LogP) is 5.05. The molecule has 0 saturated heterocycles. The highest BCUT2D eigenvalue weighted by Crippen LogP contribution is 2.25. The molecule has 0 spiro atoms. The number of ether oxygens (including phenoxy) is 1. The molecule has 0 unspecified atom stereocenters. The Morgan fingerprint density at radius 2 is 1.81 bits per heavy atom. The lowest BCUT2D eigenvalue weighted by molar-refractivity contribution is 0.307. The highest BCUT2D eigenvalue weighted by Gasteiger charge is 2.06. The summed E-state index contributed by atoms with van der Waals surface area (Å²) in [5.74, 6) is 0.605. The predicted molar refractivity (Wildman–Crippen MR) is 87.1 cm³/mol. The maximum Gasteiger partial charge on any atom is 0.137 e. The number of nitriles is 1. The van der Waals surface area contributed by atoms with Gasteiger partial charge in [-0.25, -0.2) is 0 Å². The summed E-state index contributed by atoms with van der Waals surface area (Å²) in [4.78, 5) is 0. The van der Waals surface area contributed by atoms with Crippen molar-refractivity contribution in [2.75, 3.05) is 0 Å². The molecule has 0 amide bonds. The Kier molecular flexibility index (Phi) is 3.89. The molecule has 0 aliphatic rings. The third-order valence-corrected chi connectivity index (χ3v) is 3.82. The molecule has 0 N–H and O–H groups in total. The van der Waals surface area contributed by atoms with E-state index >= 15 is 0 Å². The van der Waals surface area contributed by atoms with Gasteiger partial charge in [-0.05, 0) is 34.5 Å². The van der Waals surface area contributed by atoms with Gasteiger partial charge in [-0.3, -0.25) is 0 Å². The lowest BCUT2D eigenvalue weighted by Crippen LogP contribution is -1.98. The van der Waals surface area contributed by atoms with E-state index in [1.165, 1.54) is 10.8 Å². The minimum atomic E-state index is 0.442. The number of hydrogen-bond donors (Lipinski definition) is 0. The van der Waals surface area contributed by atoms with E-state index in [4.69, 9.17) is 10.00 Å². The number of fused-ring (bicyclic) bond motifs is 1. The number of hydrogen-bond acceptors (Lipinski definition) is 2. The molecule has 3 aromatic rings. The van der Waals surface area contributed by atoms with Crippen LogP contribution in [0.3, 0.4) is 0 Å². The third kappa shape index (κ3) is 2.91.